The van der Waals surface area contributed by atoms with Crippen molar-refractivity contribution in [2.75, 3.05) is 7.05 Å². The highest BCUT2D eigenvalue weighted by Crippen LogP contribution is 2.15. The summed E-state index contributed by atoms with van der Waals surface area (Å²) < 4.78 is 0. The van der Waals surface area contributed by atoms with Gasteiger partial charge in [-0.2, -0.15) is 0 Å². The van der Waals surface area contributed by atoms with Crippen LogP contribution >= 0.6 is 0 Å². The predicted molar refractivity (Wildman–Crippen MR) is 105 cm³/mol. The molecule has 0 aliphatic heterocycles. The maximum absolute atomic E-state index is 13.0. The number of carbonyl (C=O) groups is 2. The topological polar surface area (TPSA) is 49.4 Å². The van der Waals surface area contributed by atoms with Crippen LogP contribution in [-0.4, -0.2) is 29.8 Å². The van der Waals surface area contributed by atoms with Gasteiger partial charge in [0.05, 0.1) is 6.42 Å². The fraction of sp³-hybridized carbons (Fsp3) is 0.364. The second-order valence-corrected chi connectivity index (χ2v) is 6.89. The van der Waals surface area contributed by atoms with Crippen molar-refractivity contribution in [3.05, 3.63) is 70.3 Å². The second kappa shape index (κ2) is 8.65. The fourth-order valence-electron chi connectivity index (χ4n) is 2.87. The predicted octanol–water partition coefficient (Wildman–Crippen LogP) is 3.32. The Bertz CT molecular complexity index is 781. The summed E-state index contributed by atoms with van der Waals surface area (Å²) in [6.07, 6.45) is 0.286. The van der Waals surface area contributed by atoms with E-state index in [1.165, 1.54) is 16.7 Å². The van der Waals surface area contributed by atoms with Gasteiger partial charge < -0.3 is 10.2 Å². The molecular formula is C22H28N2O2. The molecule has 26 heavy (non-hydrogen) atoms. The zero-order chi connectivity index (χ0) is 19.3. The SMILES string of the molecule is CNC(=O)C(C)N(Cc1ccc(C)cc1)C(=O)Cc1ccc(C)c(C)c1. The number of rotatable bonds is 6. The molecule has 2 rings (SSSR count). The van der Waals surface area contributed by atoms with Crippen molar-refractivity contribution in [1.29, 1.82) is 0 Å². The number of benzene rings is 2. The molecule has 0 heterocycles. The summed E-state index contributed by atoms with van der Waals surface area (Å²) in [5.41, 5.74) is 5.52. The van der Waals surface area contributed by atoms with Gasteiger partial charge >= 0.3 is 0 Å². The highest BCUT2D eigenvalue weighted by Gasteiger charge is 2.25. The van der Waals surface area contributed by atoms with Gasteiger partial charge in [-0.25, -0.2) is 0 Å². The lowest BCUT2D eigenvalue weighted by Crippen LogP contribution is -2.47. The Morgan fingerprint density at radius 3 is 2.15 bits per heavy atom. The third-order valence-electron chi connectivity index (χ3n) is 4.81. The van der Waals surface area contributed by atoms with Gasteiger partial charge in [0, 0.05) is 13.6 Å². The summed E-state index contributed by atoms with van der Waals surface area (Å²) in [6, 6.07) is 13.6. The first-order chi connectivity index (χ1) is 12.3. The smallest absolute Gasteiger partial charge is 0.242 e. The molecule has 4 heteroatoms. The van der Waals surface area contributed by atoms with E-state index in [-0.39, 0.29) is 18.2 Å². The number of nitrogens with one attached hydrogen (secondary N) is 1. The second-order valence-electron chi connectivity index (χ2n) is 6.89. The summed E-state index contributed by atoms with van der Waals surface area (Å²) in [4.78, 5) is 26.8. The van der Waals surface area contributed by atoms with Crippen LogP contribution in [0.3, 0.4) is 0 Å². The molecule has 1 atom stereocenters. The van der Waals surface area contributed by atoms with Crippen LogP contribution in [0.4, 0.5) is 0 Å². The minimum Gasteiger partial charge on any atom is -0.357 e. The molecule has 1 N–H and O–H groups in total. The highest BCUT2D eigenvalue weighted by atomic mass is 16.2. The molecule has 0 aromatic heterocycles. The molecule has 0 radical (unpaired) electrons. The summed E-state index contributed by atoms with van der Waals surface area (Å²) in [7, 11) is 1.59. The standard InChI is InChI=1S/C22H28N2O2/c1-15-6-9-19(10-7-15)14-24(18(4)22(26)23-5)21(25)13-20-11-8-16(2)17(3)12-20/h6-12,18H,13-14H2,1-5H3,(H,23,26). The summed E-state index contributed by atoms with van der Waals surface area (Å²) >= 11 is 0. The molecule has 0 fully saturated rings. The van der Waals surface area contributed by atoms with Crippen LogP contribution < -0.4 is 5.32 Å². The van der Waals surface area contributed by atoms with Gasteiger partial charge in [-0.1, -0.05) is 48.0 Å². The third kappa shape index (κ3) is 4.94. The van der Waals surface area contributed by atoms with Gasteiger partial charge in [0.25, 0.3) is 0 Å². The third-order valence-corrected chi connectivity index (χ3v) is 4.81. The van der Waals surface area contributed by atoms with Crippen molar-refractivity contribution >= 4 is 11.8 Å². The number of aryl methyl sites for hydroxylation is 3. The van der Waals surface area contributed by atoms with Crippen molar-refractivity contribution in [2.24, 2.45) is 0 Å². The van der Waals surface area contributed by atoms with Gasteiger partial charge in [-0.15, -0.1) is 0 Å². The molecule has 0 saturated carbocycles. The molecule has 0 bridgehead atoms. The Balaban J connectivity index is 2.23. The first kappa shape index (κ1) is 19.7. The summed E-state index contributed by atoms with van der Waals surface area (Å²) in [6.45, 7) is 8.31. The molecule has 0 aliphatic rings. The van der Waals surface area contributed by atoms with Crippen LogP contribution in [0.1, 0.15) is 34.7 Å². The molecule has 1 unspecified atom stereocenters. The number of amides is 2. The molecule has 0 aliphatic carbocycles. The van der Waals surface area contributed by atoms with Crippen LogP contribution in [0.15, 0.2) is 42.5 Å². The van der Waals surface area contributed by atoms with Crippen molar-refractivity contribution in [2.45, 2.75) is 46.7 Å². The summed E-state index contributed by atoms with van der Waals surface area (Å²) in [5.74, 6) is -0.213. The van der Waals surface area contributed by atoms with Gasteiger partial charge in [0.2, 0.25) is 11.8 Å². The fourth-order valence-corrected chi connectivity index (χ4v) is 2.87. The Hall–Kier alpha value is -2.62. The van der Waals surface area contributed by atoms with Gasteiger partial charge in [-0.3, -0.25) is 9.59 Å². The van der Waals surface area contributed by atoms with E-state index in [4.69, 9.17) is 0 Å². The Morgan fingerprint density at radius 2 is 1.58 bits per heavy atom. The maximum atomic E-state index is 13.0. The molecular weight excluding hydrogens is 324 g/mol. The minimum absolute atomic E-state index is 0.0510. The molecule has 138 valence electrons. The quantitative estimate of drug-likeness (QED) is 0.867. The van der Waals surface area contributed by atoms with E-state index in [0.717, 1.165) is 11.1 Å². The molecule has 0 saturated heterocycles. The Kier molecular flexibility index (Phi) is 6.56. The molecule has 2 amide bonds. The lowest BCUT2D eigenvalue weighted by molar-refractivity contribution is -0.139. The summed E-state index contributed by atoms with van der Waals surface area (Å²) in [5, 5.41) is 2.64. The van der Waals surface area contributed by atoms with Crippen molar-refractivity contribution in [3.8, 4) is 0 Å². The van der Waals surface area contributed by atoms with E-state index in [1.807, 2.05) is 56.3 Å². The van der Waals surface area contributed by atoms with Gasteiger partial charge in [0.15, 0.2) is 0 Å². The zero-order valence-electron chi connectivity index (χ0n) is 16.3. The highest BCUT2D eigenvalue weighted by molar-refractivity contribution is 5.88. The van der Waals surface area contributed by atoms with E-state index < -0.39 is 6.04 Å². The van der Waals surface area contributed by atoms with E-state index in [2.05, 4.69) is 12.2 Å². The average molecular weight is 352 g/mol. The molecule has 2 aromatic rings. The van der Waals surface area contributed by atoms with Crippen LogP contribution in [0.5, 0.6) is 0 Å². The number of hydrogen-bond donors (Lipinski definition) is 1. The van der Waals surface area contributed by atoms with Crippen LogP contribution in [0.25, 0.3) is 0 Å². The zero-order valence-corrected chi connectivity index (χ0v) is 16.3. The maximum Gasteiger partial charge on any atom is 0.242 e. The number of carbonyl (C=O) groups excluding carboxylic acids is 2. The number of hydrogen-bond acceptors (Lipinski definition) is 2. The first-order valence-electron chi connectivity index (χ1n) is 8.94. The van der Waals surface area contributed by atoms with Gasteiger partial charge in [0.1, 0.15) is 6.04 Å². The molecule has 0 spiro atoms. The Labute approximate surface area is 156 Å². The van der Waals surface area contributed by atoms with Crippen molar-refractivity contribution < 1.29 is 9.59 Å². The van der Waals surface area contributed by atoms with Crippen LogP contribution in [0, 0.1) is 20.8 Å². The first-order valence-corrected chi connectivity index (χ1v) is 8.94. The lowest BCUT2D eigenvalue weighted by Gasteiger charge is -2.28. The van der Waals surface area contributed by atoms with Gasteiger partial charge in [-0.05, 0) is 49.9 Å². The van der Waals surface area contributed by atoms with Crippen molar-refractivity contribution in [3.63, 3.8) is 0 Å². The van der Waals surface area contributed by atoms with Crippen molar-refractivity contribution in [1.82, 2.24) is 10.2 Å². The van der Waals surface area contributed by atoms with Crippen LogP contribution in [0.2, 0.25) is 0 Å². The number of likely N-dealkylation sites (N-methyl/N-ethyl adjacent to an activating group) is 1. The normalized spacial score (nSPS) is 11.7. The van der Waals surface area contributed by atoms with E-state index in [0.29, 0.717) is 6.54 Å². The average Bonchev–Trinajstić information content (AvgIpc) is 2.63. The number of nitrogens with zero attached hydrogens (tertiary/aromatic N) is 1. The molecule has 4 nitrogen and oxygen atoms in total. The van der Waals surface area contributed by atoms with E-state index in [9.17, 15) is 9.59 Å². The molecule has 2 aromatic carbocycles. The van der Waals surface area contributed by atoms with Crippen LogP contribution in [-0.2, 0) is 22.6 Å². The van der Waals surface area contributed by atoms with E-state index >= 15 is 0 Å². The minimum atomic E-state index is -0.527. The monoisotopic (exact) mass is 352 g/mol. The van der Waals surface area contributed by atoms with E-state index in [1.54, 1.807) is 18.9 Å². The lowest BCUT2D eigenvalue weighted by atomic mass is 10.0. The Morgan fingerprint density at radius 1 is 0.962 bits per heavy atom. The largest absolute Gasteiger partial charge is 0.357 e.